The van der Waals surface area contributed by atoms with Gasteiger partial charge >= 0.3 is 24.4 Å². The van der Waals surface area contributed by atoms with Crippen LogP contribution in [0.15, 0.2) is 24.5 Å². The van der Waals surface area contributed by atoms with Crippen LogP contribution in [0.3, 0.4) is 0 Å². The van der Waals surface area contributed by atoms with Gasteiger partial charge in [-0.25, -0.2) is 13.3 Å². The van der Waals surface area contributed by atoms with Gasteiger partial charge in [-0.1, -0.05) is 0 Å². The molecule has 0 aromatic carbocycles. The van der Waals surface area contributed by atoms with E-state index in [-0.39, 0.29) is 0 Å². The lowest BCUT2D eigenvalue weighted by Gasteiger charge is -2.27. The van der Waals surface area contributed by atoms with E-state index in [1.165, 1.54) is 5.56 Å². The third-order valence-corrected chi connectivity index (χ3v) is 2.42. The van der Waals surface area contributed by atoms with Crippen LogP contribution >= 0.6 is 0 Å². The Bertz CT molecular complexity index is 468. The highest BCUT2D eigenvalue weighted by atomic mass is 19.4. The molecule has 0 aliphatic heterocycles. The molecule has 1 rings (SSSR count). The Morgan fingerprint density at radius 1 is 1.05 bits per heavy atom. The summed E-state index contributed by atoms with van der Waals surface area (Å²) in [6.45, 7) is 5.30. The Labute approximate surface area is 120 Å². The summed E-state index contributed by atoms with van der Waals surface area (Å²) in [6.07, 6.45) is -7.57. The van der Waals surface area contributed by atoms with Crippen molar-refractivity contribution in [3.05, 3.63) is 30.1 Å². The summed E-state index contributed by atoms with van der Waals surface area (Å²) in [7, 11) is 0. The zero-order valence-corrected chi connectivity index (χ0v) is 11.4. The molecule has 0 saturated heterocycles. The predicted molar refractivity (Wildman–Crippen MR) is 59.0 cm³/mol. The van der Waals surface area contributed by atoms with Gasteiger partial charge in [0.1, 0.15) is 6.54 Å². The van der Waals surface area contributed by atoms with E-state index in [1.807, 2.05) is 0 Å². The average molecular weight is 342 g/mol. The van der Waals surface area contributed by atoms with Crippen molar-refractivity contribution in [3.8, 4) is 0 Å². The first-order valence-corrected chi connectivity index (χ1v) is 5.83. The van der Waals surface area contributed by atoms with E-state index in [0.717, 1.165) is 6.54 Å². The quantitative estimate of drug-likeness (QED) is 0.567. The highest BCUT2D eigenvalue weighted by molar-refractivity contribution is 5.01. The lowest BCUT2D eigenvalue weighted by molar-refractivity contribution is -0.693. The zero-order valence-electron chi connectivity index (χ0n) is 11.4. The second-order valence-corrected chi connectivity index (χ2v) is 4.21. The second-order valence-electron chi connectivity index (χ2n) is 4.21. The van der Waals surface area contributed by atoms with Crippen LogP contribution < -0.4 is 4.57 Å². The van der Waals surface area contributed by atoms with Crippen LogP contribution in [0.1, 0.15) is 12.5 Å². The highest BCUT2D eigenvalue weighted by Crippen LogP contribution is 2.48. The van der Waals surface area contributed by atoms with E-state index in [1.54, 1.807) is 0 Å². The van der Waals surface area contributed by atoms with Gasteiger partial charge in [-0.15, -0.1) is 0 Å². The molecule has 0 bridgehead atoms. The molecular weight excluding hydrogens is 329 g/mol. The predicted octanol–water partition coefficient (Wildman–Crippen LogP) is 4.39. The normalized spacial score (nSPS) is 12.9. The van der Waals surface area contributed by atoms with E-state index in [4.69, 9.17) is 0 Å². The van der Waals surface area contributed by atoms with E-state index >= 15 is 0 Å². The molecule has 0 amide bonds. The molecule has 0 aliphatic rings. The van der Waals surface area contributed by atoms with Gasteiger partial charge in [0.15, 0.2) is 12.4 Å². The number of aromatic nitrogens is 1. The monoisotopic (exact) mass is 342 g/mol. The Morgan fingerprint density at radius 3 is 1.77 bits per heavy atom. The van der Waals surface area contributed by atoms with Crippen LogP contribution in [0.25, 0.3) is 0 Å². The number of alkyl halides is 9. The summed E-state index contributed by atoms with van der Waals surface area (Å²) >= 11 is 0. The zero-order chi connectivity index (χ0) is 17.8. The SMILES string of the molecule is CC[n+]1cccc(C)c1.FC(F)C(F)(F)C(F)(F)C(F)(F)F. The molecule has 0 radical (unpaired) electrons. The van der Waals surface area contributed by atoms with E-state index < -0.39 is 24.4 Å². The number of hydrogen-bond donors (Lipinski definition) is 0. The van der Waals surface area contributed by atoms with Gasteiger partial charge in [-0.3, -0.25) is 0 Å². The molecule has 128 valence electrons. The third-order valence-electron chi connectivity index (χ3n) is 2.42. The van der Waals surface area contributed by atoms with Crippen LogP contribution in [0.2, 0.25) is 0 Å². The molecule has 0 N–H and O–H groups in total. The smallest absolute Gasteiger partial charge is 0.205 e. The van der Waals surface area contributed by atoms with Crippen molar-refractivity contribution < 1.29 is 44.1 Å². The number of nitrogens with zero attached hydrogens (tertiary/aromatic N) is 1. The minimum Gasteiger partial charge on any atom is -0.205 e. The molecular formula is C12H13F9N+. The summed E-state index contributed by atoms with van der Waals surface area (Å²) in [4.78, 5) is 0. The van der Waals surface area contributed by atoms with Crippen LogP contribution in [-0.2, 0) is 6.54 Å². The fraction of sp³-hybridized carbons (Fsp3) is 0.583. The van der Waals surface area contributed by atoms with Crippen LogP contribution in [-0.4, -0.2) is 24.4 Å². The lowest BCUT2D eigenvalue weighted by atomic mass is 10.2. The standard InChI is InChI=1S/C8H12N.C4HF9/c1-3-9-6-4-5-8(2)7-9;5-1(6)2(7,8)3(9,10)4(11,12)13/h4-7H,3H2,1-2H3;1H/q+1;. The van der Waals surface area contributed by atoms with Gasteiger partial charge in [0.25, 0.3) is 0 Å². The molecule has 1 aromatic rings. The number of pyridine rings is 1. The maximum Gasteiger partial charge on any atom is 0.460 e. The largest absolute Gasteiger partial charge is 0.460 e. The fourth-order valence-electron chi connectivity index (χ4n) is 1.18. The van der Waals surface area contributed by atoms with Gasteiger partial charge < -0.3 is 0 Å². The van der Waals surface area contributed by atoms with Crippen molar-refractivity contribution in [2.75, 3.05) is 0 Å². The number of aryl methyl sites for hydroxylation is 2. The van der Waals surface area contributed by atoms with Gasteiger partial charge in [-0.05, 0) is 19.9 Å². The summed E-state index contributed by atoms with van der Waals surface area (Å²) in [5.74, 6) is -13.1. The molecule has 0 atom stereocenters. The highest BCUT2D eigenvalue weighted by Gasteiger charge is 2.76. The number of rotatable bonds is 3. The fourth-order valence-corrected chi connectivity index (χ4v) is 1.18. The van der Waals surface area contributed by atoms with Crippen molar-refractivity contribution in [1.29, 1.82) is 0 Å². The summed E-state index contributed by atoms with van der Waals surface area (Å²) in [5, 5.41) is 0. The molecule has 0 fully saturated rings. The third kappa shape index (κ3) is 4.77. The molecule has 1 heterocycles. The molecule has 0 aliphatic carbocycles. The molecule has 1 nitrogen and oxygen atoms in total. The Balaban J connectivity index is 0.000000425. The Kier molecular flexibility index (Phi) is 6.70. The maximum atomic E-state index is 11.6. The molecule has 0 saturated carbocycles. The Hall–Kier alpha value is -1.48. The first kappa shape index (κ1) is 20.5. The second kappa shape index (κ2) is 7.19. The van der Waals surface area contributed by atoms with Gasteiger partial charge in [-0.2, -0.15) is 30.7 Å². The van der Waals surface area contributed by atoms with E-state index in [2.05, 4.69) is 42.9 Å². The van der Waals surface area contributed by atoms with Crippen molar-refractivity contribution >= 4 is 0 Å². The maximum absolute atomic E-state index is 11.6. The van der Waals surface area contributed by atoms with Gasteiger partial charge in [0.2, 0.25) is 0 Å². The van der Waals surface area contributed by atoms with Crippen LogP contribution in [0.4, 0.5) is 39.5 Å². The molecule has 0 spiro atoms. The summed E-state index contributed by atoms with van der Waals surface area (Å²) in [5.41, 5.74) is 1.32. The number of halogens is 9. The van der Waals surface area contributed by atoms with Crippen molar-refractivity contribution in [2.24, 2.45) is 0 Å². The first-order chi connectivity index (χ1) is 9.77. The minimum absolute atomic E-state index is 1.06. The van der Waals surface area contributed by atoms with E-state index in [9.17, 15) is 39.5 Å². The average Bonchev–Trinajstić information content (AvgIpc) is 2.37. The van der Waals surface area contributed by atoms with Crippen molar-refractivity contribution in [2.45, 2.75) is 44.8 Å². The van der Waals surface area contributed by atoms with Crippen molar-refractivity contribution in [3.63, 3.8) is 0 Å². The molecule has 0 unspecified atom stereocenters. The summed E-state index contributed by atoms with van der Waals surface area (Å²) < 4.78 is 104. The number of hydrogen-bond acceptors (Lipinski definition) is 0. The topological polar surface area (TPSA) is 3.88 Å². The lowest BCUT2D eigenvalue weighted by Crippen LogP contribution is -2.55. The summed E-state index contributed by atoms with van der Waals surface area (Å²) in [6, 6.07) is 4.17. The molecule has 1 aromatic heterocycles. The van der Waals surface area contributed by atoms with Crippen molar-refractivity contribution in [1.82, 2.24) is 0 Å². The van der Waals surface area contributed by atoms with Gasteiger partial charge in [0.05, 0.1) is 0 Å². The first-order valence-electron chi connectivity index (χ1n) is 5.83. The van der Waals surface area contributed by atoms with Gasteiger partial charge in [0, 0.05) is 11.6 Å². The Morgan fingerprint density at radius 2 is 1.55 bits per heavy atom. The van der Waals surface area contributed by atoms with E-state index in [0.29, 0.717) is 0 Å². The van der Waals surface area contributed by atoms with Crippen LogP contribution in [0, 0.1) is 6.92 Å². The van der Waals surface area contributed by atoms with Crippen LogP contribution in [0.5, 0.6) is 0 Å². The molecule has 22 heavy (non-hydrogen) atoms. The minimum atomic E-state index is -6.73. The molecule has 10 heteroatoms.